The van der Waals surface area contributed by atoms with Gasteiger partial charge in [0.1, 0.15) is 0 Å². The molecule has 1 N–H and O–H groups in total. The Bertz CT molecular complexity index is 228. The first-order chi connectivity index (χ1) is 7.56. The maximum atomic E-state index is 3.87. The first-order valence-electron chi connectivity index (χ1n) is 7.31. The summed E-state index contributed by atoms with van der Waals surface area (Å²) in [6, 6.07) is 0. The topological polar surface area (TPSA) is 12.0 Å². The Morgan fingerprint density at radius 2 is 1.88 bits per heavy atom. The lowest BCUT2D eigenvalue weighted by Gasteiger charge is -2.46. The maximum absolute atomic E-state index is 3.87. The van der Waals surface area contributed by atoms with Gasteiger partial charge in [-0.05, 0) is 55.9 Å². The second-order valence-electron chi connectivity index (χ2n) is 6.69. The van der Waals surface area contributed by atoms with E-state index in [0.29, 0.717) is 5.54 Å². The van der Waals surface area contributed by atoms with Gasteiger partial charge in [-0.1, -0.05) is 34.1 Å². The van der Waals surface area contributed by atoms with Gasteiger partial charge in [-0.25, -0.2) is 0 Å². The van der Waals surface area contributed by atoms with Crippen LogP contribution in [0.3, 0.4) is 0 Å². The van der Waals surface area contributed by atoms with Crippen LogP contribution in [0.4, 0.5) is 0 Å². The molecule has 1 heteroatoms. The molecule has 2 aliphatic rings. The minimum Gasteiger partial charge on any atom is -0.311 e. The number of rotatable bonds is 2. The van der Waals surface area contributed by atoms with Crippen LogP contribution in [0.5, 0.6) is 0 Å². The Morgan fingerprint density at radius 3 is 2.38 bits per heavy atom. The zero-order valence-corrected chi connectivity index (χ0v) is 11.6. The second kappa shape index (κ2) is 4.68. The minimum absolute atomic E-state index is 0.481. The van der Waals surface area contributed by atoms with E-state index in [2.05, 4.69) is 33.0 Å². The van der Waals surface area contributed by atoms with Crippen LogP contribution in [0.25, 0.3) is 0 Å². The van der Waals surface area contributed by atoms with E-state index >= 15 is 0 Å². The molecule has 1 aliphatic carbocycles. The molecule has 0 bridgehead atoms. The number of nitrogens with one attached hydrogen (secondary N) is 1. The van der Waals surface area contributed by atoms with E-state index in [1.54, 1.807) is 0 Å². The third kappa shape index (κ3) is 2.03. The van der Waals surface area contributed by atoms with Crippen molar-refractivity contribution >= 4 is 0 Å². The monoisotopic (exact) mass is 223 g/mol. The van der Waals surface area contributed by atoms with E-state index in [4.69, 9.17) is 0 Å². The lowest BCUT2D eigenvalue weighted by atomic mass is 9.64. The molecule has 0 aromatic rings. The van der Waals surface area contributed by atoms with E-state index in [1.165, 1.54) is 38.6 Å². The van der Waals surface area contributed by atoms with Gasteiger partial charge in [-0.2, -0.15) is 0 Å². The summed E-state index contributed by atoms with van der Waals surface area (Å²) in [7, 11) is 0. The van der Waals surface area contributed by atoms with Crippen LogP contribution in [-0.4, -0.2) is 12.1 Å². The van der Waals surface area contributed by atoms with Gasteiger partial charge in [0.15, 0.2) is 0 Å². The third-order valence-corrected chi connectivity index (χ3v) is 5.58. The summed E-state index contributed by atoms with van der Waals surface area (Å²) in [6.07, 6.45) is 7.15. The highest BCUT2D eigenvalue weighted by Gasteiger charge is 2.45. The molecule has 2 rings (SSSR count). The molecule has 1 aliphatic heterocycles. The minimum atomic E-state index is 0.481. The summed E-state index contributed by atoms with van der Waals surface area (Å²) in [6.45, 7) is 11.0. The van der Waals surface area contributed by atoms with Gasteiger partial charge in [0.25, 0.3) is 0 Å². The highest BCUT2D eigenvalue weighted by atomic mass is 15.0. The van der Waals surface area contributed by atoms with E-state index < -0.39 is 0 Å². The standard InChI is InChI=1S/C15H29N/c1-11(2)15(8-5-9-16-15)14-7-6-12(3)13(4)10-14/h11-14,16H,5-10H2,1-4H3. The van der Waals surface area contributed by atoms with Crippen LogP contribution in [0.2, 0.25) is 0 Å². The van der Waals surface area contributed by atoms with Crippen molar-refractivity contribution in [3.05, 3.63) is 0 Å². The van der Waals surface area contributed by atoms with Crippen molar-refractivity contribution in [2.45, 2.75) is 65.3 Å². The van der Waals surface area contributed by atoms with Gasteiger partial charge in [0.2, 0.25) is 0 Å². The SMILES string of the molecule is CC1CCC(C2(C(C)C)CCCN2)CC1C. The van der Waals surface area contributed by atoms with Gasteiger partial charge in [-0.15, -0.1) is 0 Å². The molecule has 2 fully saturated rings. The summed E-state index contributed by atoms with van der Waals surface area (Å²) >= 11 is 0. The Morgan fingerprint density at radius 1 is 1.12 bits per heavy atom. The molecule has 1 heterocycles. The molecule has 0 aromatic heterocycles. The molecule has 16 heavy (non-hydrogen) atoms. The zero-order valence-electron chi connectivity index (χ0n) is 11.6. The molecule has 94 valence electrons. The van der Waals surface area contributed by atoms with Crippen LogP contribution >= 0.6 is 0 Å². The molecule has 4 unspecified atom stereocenters. The van der Waals surface area contributed by atoms with Gasteiger partial charge >= 0.3 is 0 Å². The summed E-state index contributed by atoms with van der Waals surface area (Å²) in [5.41, 5.74) is 0.481. The molecule has 1 saturated carbocycles. The van der Waals surface area contributed by atoms with Crippen molar-refractivity contribution in [2.24, 2.45) is 23.7 Å². The Hall–Kier alpha value is -0.0400. The Labute approximate surface area is 101 Å². The molecular weight excluding hydrogens is 194 g/mol. The Kier molecular flexibility index (Phi) is 3.63. The molecule has 0 spiro atoms. The smallest absolute Gasteiger partial charge is 0.0233 e. The fraction of sp³-hybridized carbons (Fsp3) is 1.00. The molecule has 1 saturated heterocycles. The lowest BCUT2D eigenvalue weighted by molar-refractivity contribution is 0.0854. The van der Waals surface area contributed by atoms with E-state index in [9.17, 15) is 0 Å². The van der Waals surface area contributed by atoms with Crippen LogP contribution in [0.15, 0.2) is 0 Å². The van der Waals surface area contributed by atoms with Crippen molar-refractivity contribution in [3.63, 3.8) is 0 Å². The average Bonchev–Trinajstić information content (AvgIpc) is 2.72. The molecule has 1 nitrogen and oxygen atoms in total. The third-order valence-electron chi connectivity index (χ3n) is 5.58. The predicted octanol–water partition coefficient (Wildman–Crippen LogP) is 3.84. The number of hydrogen-bond acceptors (Lipinski definition) is 1. The largest absolute Gasteiger partial charge is 0.311 e. The summed E-state index contributed by atoms with van der Waals surface area (Å²) in [4.78, 5) is 0. The highest BCUT2D eigenvalue weighted by Crippen LogP contribution is 2.45. The molecule has 4 atom stereocenters. The first kappa shape index (κ1) is 12.4. The van der Waals surface area contributed by atoms with Gasteiger partial charge in [-0.3, -0.25) is 0 Å². The maximum Gasteiger partial charge on any atom is 0.0233 e. The zero-order chi connectivity index (χ0) is 11.8. The fourth-order valence-electron chi connectivity index (χ4n) is 4.12. The molecule has 0 amide bonds. The molecule has 0 radical (unpaired) electrons. The van der Waals surface area contributed by atoms with E-state index in [0.717, 1.165) is 23.7 Å². The summed E-state index contributed by atoms with van der Waals surface area (Å²) in [5.74, 6) is 3.60. The predicted molar refractivity (Wildman–Crippen MR) is 70.5 cm³/mol. The van der Waals surface area contributed by atoms with Crippen molar-refractivity contribution in [1.82, 2.24) is 5.32 Å². The van der Waals surface area contributed by atoms with Crippen molar-refractivity contribution in [2.75, 3.05) is 6.54 Å². The quantitative estimate of drug-likeness (QED) is 0.750. The summed E-state index contributed by atoms with van der Waals surface area (Å²) < 4.78 is 0. The van der Waals surface area contributed by atoms with Crippen molar-refractivity contribution in [3.8, 4) is 0 Å². The number of hydrogen-bond donors (Lipinski definition) is 1. The lowest BCUT2D eigenvalue weighted by Crippen LogP contribution is -2.52. The van der Waals surface area contributed by atoms with E-state index in [-0.39, 0.29) is 0 Å². The molecule has 0 aromatic carbocycles. The van der Waals surface area contributed by atoms with Crippen LogP contribution in [-0.2, 0) is 0 Å². The van der Waals surface area contributed by atoms with Crippen molar-refractivity contribution in [1.29, 1.82) is 0 Å². The normalized spacial score (nSPS) is 45.2. The van der Waals surface area contributed by atoms with Gasteiger partial charge in [0.05, 0.1) is 0 Å². The first-order valence-corrected chi connectivity index (χ1v) is 7.31. The van der Waals surface area contributed by atoms with E-state index in [1.807, 2.05) is 0 Å². The van der Waals surface area contributed by atoms with Crippen LogP contribution in [0, 0.1) is 23.7 Å². The molecular formula is C15H29N. The summed E-state index contributed by atoms with van der Waals surface area (Å²) in [5, 5.41) is 3.87. The Balaban J connectivity index is 2.09. The van der Waals surface area contributed by atoms with Crippen LogP contribution in [0.1, 0.15) is 59.8 Å². The second-order valence-corrected chi connectivity index (χ2v) is 6.69. The fourth-order valence-corrected chi connectivity index (χ4v) is 4.12. The van der Waals surface area contributed by atoms with Gasteiger partial charge < -0.3 is 5.32 Å². The van der Waals surface area contributed by atoms with Crippen molar-refractivity contribution < 1.29 is 0 Å². The van der Waals surface area contributed by atoms with Crippen LogP contribution < -0.4 is 5.32 Å². The van der Waals surface area contributed by atoms with Gasteiger partial charge in [0, 0.05) is 5.54 Å². The average molecular weight is 223 g/mol. The highest BCUT2D eigenvalue weighted by molar-refractivity contribution is 5.02.